The van der Waals surface area contributed by atoms with Gasteiger partial charge in [0.1, 0.15) is 18.5 Å². The largest absolute Gasteiger partial charge is 0.481 e. The fourth-order valence-electron chi connectivity index (χ4n) is 2.06. The highest BCUT2D eigenvalue weighted by atomic mass is 33.1. The van der Waals surface area contributed by atoms with Crippen LogP contribution in [0.2, 0.25) is 0 Å². The smallest absolute Gasteiger partial charge is 0.407 e. The van der Waals surface area contributed by atoms with Gasteiger partial charge in [0.15, 0.2) is 5.78 Å². The molecule has 0 saturated carbocycles. The van der Waals surface area contributed by atoms with E-state index in [-0.39, 0.29) is 31.7 Å². The number of amides is 1. The van der Waals surface area contributed by atoms with Crippen LogP contribution in [0.1, 0.15) is 52.9 Å². The fourth-order valence-corrected chi connectivity index (χ4v) is 4.05. The number of carboxylic acid groups (broad SMARTS) is 1. The van der Waals surface area contributed by atoms with Crippen molar-refractivity contribution < 1.29 is 34.1 Å². The molecule has 162 valence electrons. The first-order chi connectivity index (χ1) is 13.1. The van der Waals surface area contributed by atoms with Crippen LogP contribution in [0.4, 0.5) is 4.79 Å². The van der Waals surface area contributed by atoms with Gasteiger partial charge in [-0.2, -0.15) is 0 Å². The molecule has 0 saturated heterocycles. The van der Waals surface area contributed by atoms with Gasteiger partial charge in [-0.1, -0.05) is 35.4 Å². The average Bonchev–Trinajstić information content (AvgIpc) is 2.60. The van der Waals surface area contributed by atoms with Gasteiger partial charge in [-0.05, 0) is 19.8 Å². The Hall–Kier alpha value is -1.26. The third kappa shape index (κ3) is 13.8. The van der Waals surface area contributed by atoms with Crippen molar-refractivity contribution in [2.45, 2.75) is 59.0 Å². The van der Waals surface area contributed by atoms with E-state index in [1.54, 1.807) is 42.4 Å². The number of carbonyl (C=O) groups is 4. The Bertz CT molecular complexity index is 526. The first kappa shape index (κ1) is 26.7. The van der Waals surface area contributed by atoms with E-state index >= 15 is 0 Å². The Morgan fingerprint density at radius 2 is 1.68 bits per heavy atom. The van der Waals surface area contributed by atoms with E-state index in [1.165, 1.54) is 0 Å². The number of nitrogens with one attached hydrogen (secondary N) is 1. The Morgan fingerprint density at radius 1 is 1.04 bits per heavy atom. The second kappa shape index (κ2) is 14.7. The summed E-state index contributed by atoms with van der Waals surface area (Å²) in [6, 6.07) is 0. The van der Waals surface area contributed by atoms with Crippen LogP contribution in [0.5, 0.6) is 0 Å². The molecule has 1 amide bonds. The molecule has 10 heteroatoms. The zero-order valence-electron chi connectivity index (χ0n) is 16.7. The first-order valence-electron chi connectivity index (χ1n) is 9.13. The quantitative estimate of drug-likeness (QED) is 0.246. The minimum atomic E-state index is -1.34. The van der Waals surface area contributed by atoms with Gasteiger partial charge < -0.3 is 25.1 Å². The lowest BCUT2D eigenvalue weighted by atomic mass is 9.84. The standard InChI is InChI=1S/C18H31NO7S2/c1-13(20)6-5-10-27-28-11-9-19-17(25)26-12-18(2,3)16(24)14(21)7-4-8-15(22)23/h16,24H,4-12H2,1-3H3,(H,19,25)(H,22,23)/t16-/m0/s1. The summed E-state index contributed by atoms with van der Waals surface area (Å²) >= 11 is 0. The van der Waals surface area contributed by atoms with Crippen molar-refractivity contribution in [3.05, 3.63) is 0 Å². The van der Waals surface area contributed by atoms with Gasteiger partial charge >= 0.3 is 12.1 Å². The number of carboxylic acids is 1. The van der Waals surface area contributed by atoms with Crippen LogP contribution in [-0.2, 0) is 19.1 Å². The topological polar surface area (TPSA) is 130 Å². The van der Waals surface area contributed by atoms with Gasteiger partial charge in [-0.25, -0.2) is 4.79 Å². The third-order valence-corrected chi connectivity index (χ3v) is 6.22. The summed E-state index contributed by atoms with van der Waals surface area (Å²) in [5.41, 5.74) is -0.973. The molecule has 0 aromatic heterocycles. The number of aliphatic hydroxyl groups is 1. The molecule has 0 spiro atoms. The van der Waals surface area contributed by atoms with Crippen molar-refractivity contribution in [1.82, 2.24) is 5.32 Å². The number of aliphatic hydroxyl groups excluding tert-OH is 1. The molecule has 0 bridgehead atoms. The highest BCUT2D eigenvalue weighted by Gasteiger charge is 2.34. The first-order valence-corrected chi connectivity index (χ1v) is 11.6. The van der Waals surface area contributed by atoms with Crippen molar-refractivity contribution >= 4 is 45.2 Å². The van der Waals surface area contributed by atoms with Gasteiger partial charge in [0.05, 0.1) is 0 Å². The van der Waals surface area contributed by atoms with Crippen molar-refractivity contribution in [2.75, 3.05) is 24.7 Å². The van der Waals surface area contributed by atoms with E-state index in [9.17, 15) is 24.3 Å². The predicted molar refractivity (Wildman–Crippen MR) is 110 cm³/mol. The second-order valence-electron chi connectivity index (χ2n) is 7.06. The Labute approximate surface area is 173 Å². The van der Waals surface area contributed by atoms with E-state index < -0.39 is 29.4 Å². The van der Waals surface area contributed by atoms with Crippen LogP contribution in [0.25, 0.3) is 0 Å². The van der Waals surface area contributed by atoms with E-state index in [4.69, 9.17) is 9.84 Å². The van der Waals surface area contributed by atoms with Crippen molar-refractivity contribution in [2.24, 2.45) is 5.41 Å². The molecular weight excluding hydrogens is 406 g/mol. The Balaban J connectivity index is 3.94. The number of rotatable bonds is 16. The van der Waals surface area contributed by atoms with E-state index in [0.29, 0.717) is 18.7 Å². The second-order valence-corrected chi connectivity index (χ2v) is 9.76. The van der Waals surface area contributed by atoms with Gasteiger partial charge in [0.25, 0.3) is 0 Å². The van der Waals surface area contributed by atoms with Crippen LogP contribution in [0.3, 0.4) is 0 Å². The SMILES string of the molecule is CC(=O)CCCSSCCNC(=O)OCC(C)(C)[C@@H](O)C(=O)CCCC(=O)O. The number of alkyl carbamates (subject to hydrolysis) is 1. The lowest BCUT2D eigenvalue weighted by Crippen LogP contribution is -2.41. The highest BCUT2D eigenvalue weighted by molar-refractivity contribution is 8.76. The van der Waals surface area contributed by atoms with Crippen LogP contribution in [0, 0.1) is 5.41 Å². The van der Waals surface area contributed by atoms with Crippen molar-refractivity contribution in [1.29, 1.82) is 0 Å². The monoisotopic (exact) mass is 437 g/mol. The van der Waals surface area contributed by atoms with E-state index in [0.717, 1.165) is 12.2 Å². The minimum Gasteiger partial charge on any atom is -0.481 e. The van der Waals surface area contributed by atoms with Gasteiger partial charge in [0.2, 0.25) is 0 Å². The van der Waals surface area contributed by atoms with Gasteiger partial charge in [-0.15, -0.1) is 0 Å². The molecule has 1 atom stereocenters. The number of carbonyl (C=O) groups excluding carboxylic acids is 3. The molecule has 0 heterocycles. The fraction of sp³-hybridized carbons (Fsp3) is 0.778. The molecule has 0 aliphatic carbocycles. The molecule has 0 aromatic rings. The molecule has 28 heavy (non-hydrogen) atoms. The lowest BCUT2D eigenvalue weighted by Gasteiger charge is -2.28. The molecule has 0 fully saturated rings. The summed E-state index contributed by atoms with van der Waals surface area (Å²) in [6.45, 7) is 5.06. The van der Waals surface area contributed by atoms with Gasteiger partial charge in [0, 0.05) is 42.7 Å². The number of ketones is 2. The van der Waals surface area contributed by atoms with Crippen LogP contribution < -0.4 is 5.32 Å². The average molecular weight is 438 g/mol. The zero-order valence-corrected chi connectivity index (χ0v) is 18.3. The molecule has 8 nitrogen and oxygen atoms in total. The maximum absolute atomic E-state index is 11.9. The maximum atomic E-state index is 11.9. The highest BCUT2D eigenvalue weighted by Crippen LogP contribution is 2.24. The molecule has 0 aliphatic heterocycles. The molecule has 3 N–H and O–H groups in total. The van der Waals surface area contributed by atoms with E-state index in [2.05, 4.69) is 5.32 Å². The number of ether oxygens (including phenoxy) is 1. The van der Waals surface area contributed by atoms with Crippen molar-refractivity contribution in [3.63, 3.8) is 0 Å². The normalized spacial score (nSPS) is 12.3. The summed E-state index contributed by atoms with van der Waals surface area (Å²) in [5.74, 6) is 0.294. The maximum Gasteiger partial charge on any atom is 0.407 e. The summed E-state index contributed by atoms with van der Waals surface area (Å²) in [6.07, 6.45) is -0.546. The molecule has 0 unspecified atom stereocenters. The zero-order chi connectivity index (χ0) is 21.6. The van der Waals surface area contributed by atoms with Crippen molar-refractivity contribution in [3.8, 4) is 0 Å². The molecule has 0 aromatic carbocycles. The third-order valence-electron chi connectivity index (χ3n) is 3.73. The van der Waals surface area contributed by atoms with Crippen LogP contribution in [0.15, 0.2) is 0 Å². The lowest BCUT2D eigenvalue weighted by molar-refractivity contribution is -0.138. The van der Waals surface area contributed by atoms with Crippen LogP contribution >= 0.6 is 21.6 Å². The minimum absolute atomic E-state index is 0.0373. The molecule has 0 radical (unpaired) electrons. The van der Waals surface area contributed by atoms with Gasteiger partial charge in [-0.3, -0.25) is 9.59 Å². The summed E-state index contributed by atoms with van der Waals surface area (Å²) in [4.78, 5) is 44.9. The molecular formula is C18H31NO7S2. The molecule has 0 aliphatic rings. The number of Topliss-reactive ketones (excluding diaryl/α,β-unsaturated/α-hetero) is 2. The number of aliphatic carboxylic acids is 1. The number of hydrogen-bond acceptors (Lipinski definition) is 8. The van der Waals surface area contributed by atoms with Crippen LogP contribution in [-0.4, -0.2) is 64.6 Å². The Kier molecular flexibility index (Phi) is 14.0. The summed E-state index contributed by atoms with van der Waals surface area (Å²) in [5, 5.41) is 21.3. The predicted octanol–water partition coefficient (Wildman–Crippen LogP) is 2.67. The molecule has 0 rings (SSSR count). The Morgan fingerprint density at radius 3 is 2.29 bits per heavy atom. The number of hydrogen-bond donors (Lipinski definition) is 3. The summed E-state index contributed by atoms with van der Waals surface area (Å²) < 4.78 is 5.08. The van der Waals surface area contributed by atoms with E-state index in [1.807, 2.05) is 0 Å². The summed E-state index contributed by atoms with van der Waals surface area (Å²) in [7, 11) is 3.24.